The Bertz CT molecular complexity index is 446. The van der Waals surface area contributed by atoms with Gasteiger partial charge in [0, 0.05) is 25.7 Å². The van der Waals surface area contributed by atoms with Crippen molar-refractivity contribution in [3.63, 3.8) is 0 Å². The Hall–Kier alpha value is -0.810. The number of hydrogen-bond acceptors (Lipinski definition) is 3. The fourth-order valence-electron chi connectivity index (χ4n) is 3.01. The van der Waals surface area contributed by atoms with Gasteiger partial charge in [-0.2, -0.15) is 0 Å². The molecule has 4 nitrogen and oxygen atoms in total. The topological polar surface area (TPSA) is 36.7 Å². The summed E-state index contributed by atoms with van der Waals surface area (Å²) in [5.74, 6) is 0.0874. The van der Waals surface area contributed by atoms with E-state index < -0.39 is 0 Å². The molecule has 0 saturated carbocycles. The molecule has 98 valence electrons. The van der Waals surface area contributed by atoms with Crippen LogP contribution >= 0.6 is 15.9 Å². The Morgan fingerprint density at radius 1 is 1.33 bits per heavy atom. The first-order valence-corrected chi connectivity index (χ1v) is 7.31. The number of fused-ring (bicyclic) bond motifs is 1. The second kappa shape index (κ2) is 5.05. The largest absolute Gasteiger partial charge is 0.457 e. The average molecular weight is 313 g/mol. The SMILES string of the molecule is O=C(c1ccoc1Br)N1CCCN2CCCC2C1. The molecule has 3 heterocycles. The van der Waals surface area contributed by atoms with Crippen LogP contribution in [0.15, 0.2) is 21.4 Å². The monoisotopic (exact) mass is 312 g/mol. The van der Waals surface area contributed by atoms with Gasteiger partial charge in [0.05, 0.1) is 11.8 Å². The normalized spacial score (nSPS) is 24.9. The summed E-state index contributed by atoms with van der Waals surface area (Å²) in [5.41, 5.74) is 0.640. The number of furan rings is 1. The highest BCUT2D eigenvalue weighted by atomic mass is 79.9. The van der Waals surface area contributed by atoms with Crippen molar-refractivity contribution < 1.29 is 9.21 Å². The first-order chi connectivity index (χ1) is 8.75. The van der Waals surface area contributed by atoms with Crippen molar-refractivity contribution in [3.8, 4) is 0 Å². The Labute approximate surface area is 115 Å². The number of hydrogen-bond donors (Lipinski definition) is 0. The van der Waals surface area contributed by atoms with Gasteiger partial charge >= 0.3 is 0 Å². The minimum atomic E-state index is 0.0874. The van der Waals surface area contributed by atoms with Crippen molar-refractivity contribution in [1.29, 1.82) is 0 Å². The maximum absolute atomic E-state index is 12.4. The van der Waals surface area contributed by atoms with Gasteiger partial charge in [0.1, 0.15) is 0 Å². The van der Waals surface area contributed by atoms with Crippen LogP contribution in [0.4, 0.5) is 0 Å². The summed E-state index contributed by atoms with van der Waals surface area (Å²) >= 11 is 3.28. The summed E-state index contributed by atoms with van der Waals surface area (Å²) in [5, 5.41) is 0. The van der Waals surface area contributed by atoms with E-state index in [9.17, 15) is 4.79 Å². The number of amides is 1. The van der Waals surface area contributed by atoms with Gasteiger partial charge in [0.2, 0.25) is 0 Å². The maximum atomic E-state index is 12.4. The molecule has 0 aliphatic carbocycles. The minimum absolute atomic E-state index is 0.0874. The molecule has 0 spiro atoms. The Morgan fingerprint density at radius 3 is 2.94 bits per heavy atom. The lowest BCUT2D eigenvalue weighted by atomic mass is 10.2. The van der Waals surface area contributed by atoms with Crippen molar-refractivity contribution in [2.45, 2.75) is 25.3 Å². The zero-order chi connectivity index (χ0) is 12.5. The fraction of sp³-hybridized carbons (Fsp3) is 0.615. The van der Waals surface area contributed by atoms with Crippen LogP contribution < -0.4 is 0 Å². The first-order valence-electron chi connectivity index (χ1n) is 6.52. The van der Waals surface area contributed by atoms with E-state index in [1.807, 2.05) is 4.90 Å². The first kappa shape index (κ1) is 12.2. The molecule has 0 aromatic carbocycles. The van der Waals surface area contributed by atoms with Crippen LogP contribution in [0.3, 0.4) is 0 Å². The molecule has 1 amide bonds. The van der Waals surface area contributed by atoms with Gasteiger partial charge in [0.25, 0.3) is 5.91 Å². The predicted molar refractivity (Wildman–Crippen MR) is 71.5 cm³/mol. The van der Waals surface area contributed by atoms with Crippen molar-refractivity contribution >= 4 is 21.8 Å². The van der Waals surface area contributed by atoms with Gasteiger partial charge in [-0.25, -0.2) is 0 Å². The fourth-order valence-corrected chi connectivity index (χ4v) is 3.42. The van der Waals surface area contributed by atoms with E-state index in [1.54, 1.807) is 12.3 Å². The summed E-state index contributed by atoms with van der Waals surface area (Å²) < 4.78 is 5.69. The highest BCUT2D eigenvalue weighted by molar-refractivity contribution is 9.10. The van der Waals surface area contributed by atoms with Gasteiger partial charge in [-0.15, -0.1) is 0 Å². The molecule has 1 atom stereocenters. The summed E-state index contributed by atoms with van der Waals surface area (Å²) in [6.45, 7) is 4.03. The van der Waals surface area contributed by atoms with Crippen molar-refractivity contribution in [2.24, 2.45) is 0 Å². The van der Waals surface area contributed by atoms with E-state index in [2.05, 4.69) is 20.8 Å². The molecular formula is C13H17BrN2O2. The number of carbonyl (C=O) groups is 1. The van der Waals surface area contributed by atoms with Crippen LogP contribution in [0.2, 0.25) is 0 Å². The zero-order valence-electron chi connectivity index (χ0n) is 10.3. The third-order valence-electron chi connectivity index (χ3n) is 3.94. The molecule has 2 saturated heterocycles. The number of halogens is 1. The molecular weight excluding hydrogens is 296 g/mol. The number of rotatable bonds is 1. The molecule has 2 aliphatic rings. The van der Waals surface area contributed by atoms with Gasteiger partial charge in [0.15, 0.2) is 4.67 Å². The van der Waals surface area contributed by atoms with Gasteiger partial charge in [-0.3, -0.25) is 9.69 Å². The molecule has 0 radical (unpaired) electrons. The van der Waals surface area contributed by atoms with E-state index in [-0.39, 0.29) is 5.91 Å². The highest BCUT2D eigenvalue weighted by Crippen LogP contribution is 2.24. The van der Waals surface area contributed by atoms with Gasteiger partial charge in [-0.05, 0) is 47.8 Å². The summed E-state index contributed by atoms with van der Waals surface area (Å²) in [7, 11) is 0. The smallest absolute Gasteiger partial charge is 0.258 e. The van der Waals surface area contributed by atoms with E-state index >= 15 is 0 Å². The zero-order valence-corrected chi connectivity index (χ0v) is 11.9. The molecule has 1 aromatic heterocycles. The second-order valence-corrected chi connectivity index (χ2v) is 5.76. The van der Waals surface area contributed by atoms with E-state index in [0.29, 0.717) is 16.3 Å². The van der Waals surface area contributed by atoms with Gasteiger partial charge < -0.3 is 9.32 Å². The molecule has 2 aliphatic heterocycles. The molecule has 5 heteroatoms. The Balaban J connectivity index is 1.75. The Morgan fingerprint density at radius 2 is 2.17 bits per heavy atom. The number of carbonyl (C=O) groups excluding carboxylic acids is 1. The molecule has 18 heavy (non-hydrogen) atoms. The molecule has 2 fully saturated rings. The lowest BCUT2D eigenvalue weighted by molar-refractivity contribution is 0.0741. The molecule has 1 aromatic rings. The van der Waals surface area contributed by atoms with Crippen LogP contribution in [0.5, 0.6) is 0 Å². The summed E-state index contributed by atoms with van der Waals surface area (Å²) in [6, 6.07) is 2.30. The molecule has 0 N–H and O–H groups in total. The van der Waals surface area contributed by atoms with Crippen LogP contribution in [0.25, 0.3) is 0 Å². The van der Waals surface area contributed by atoms with Crippen molar-refractivity contribution in [1.82, 2.24) is 9.80 Å². The average Bonchev–Trinajstić information content (AvgIpc) is 2.93. The van der Waals surface area contributed by atoms with Crippen molar-refractivity contribution in [3.05, 3.63) is 22.6 Å². The lowest BCUT2D eigenvalue weighted by Crippen LogP contribution is -2.39. The maximum Gasteiger partial charge on any atom is 0.258 e. The minimum Gasteiger partial charge on any atom is -0.457 e. The van der Waals surface area contributed by atoms with E-state index in [0.717, 1.165) is 26.1 Å². The van der Waals surface area contributed by atoms with E-state index in [1.165, 1.54) is 19.4 Å². The molecule has 0 bridgehead atoms. The van der Waals surface area contributed by atoms with Gasteiger partial charge in [-0.1, -0.05) is 0 Å². The van der Waals surface area contributed by atoms with Crippen LogP contribution in [-0.4, -0.2) is 47.9 Å². The molecule has 1 unspecified atom stereocenters. The Kier molecular flexibility index (Phi) is 3.43. The molecule has 3 rings (SSSR count). The van der Waals surface area contributed by atoms with E-state index in [4.69, 9.17) is 4.42 Å². The van der Waals surface area contributed by atoms with Crippen LogP contribution in [0.1, 0.15) is 29.6 Å². The second-order valence-electron chi connectivity index (χ2n) is 5.04. The lowest BCUT2D eigenvalue weighted by Gasteiger charge is -2.25. The quantitative estimate of drug-likeness (QED) is 0.798. The third kappa shape index (κ3) is 2.21. The predicted octanol–water partition coefficient (Wildman–Crippen LogP) is 2.35. The number of nitrogens with zero attached hydrogens (tertiary/aromatic N) is 2. The third-order valence-corrected chi connectivity index (χ3v) is 4.55. The highest BCUT2D eigenvalue weighted by Gasteiger charge is 2.31. The van der Waals surface area contributed by atoms with Crippen LogP contribution in [0, 0.1) is 0 Å². The summed E-state index contributed by atoms with van der Waals surface area (Å²) in [6.07, 6.45) is 5.10. The summed E-state index contributed by atoms with van der Waals surface area (Å²) in [4.78, 5) is 16.9. The van der Waals surface area contributed by atoms with Crippen molar-refractivity contribution in [2.75, 3.05) is 26.2 Å². The standard InChI is InChI=1S/C13H17BrN2O2/c14-12-11(4-8-18-12)13(17)16-7-2-6-15-5-1-3-10(15)9-16/h4,8,10H,1-3,5-7,9H2. The van der Waals surface area contributed by atoms with Crippen LogP contribution in [-0.2, 0) is 0 Å².